The lowest BCUT2D eigenvalue weighted by Gasteiger charge is -2.08. The van der Waals surface area contributed by atoms with E-state index < -0.39 is 0 Å². The smallest absolute Gasteiger partial charge is 0.167 e. The van der Waals surface area contributed by atoms with E-state index in [-0.39, 0.29) is 11.6 Å². The topological polar surface area (TPSA) is 26.3 Å². The zero-order valence-electron chi connectivity index (χ0n) is 10.6. The average Bonchev–Trinajstić information content (AvgIpc) is 2.53. The summed E-state index contributed by atoms with van der Waals surface area (Å²) < 4.78 is 18.5. The van der Waals surface area contributed by atoms with E-state index in [1.165, 1.54) is 12.1 Å². The maximum Gasteiger partial charge on any atom is 0.167 e. The number of ether oxygens (including phenoxy) is 1. The Labute approximate surface area is 110 Å². The van der Waals surface area contributed by atoms with Crippen LogP contribution in [0.15, 0.2) is 36.4 Å². The first-order valence-corrected chi connectivity index (χ1v) is 6.15. The van der Waals surface area contributed by atoms with Gasteiger partial charge in [0.05, 0.1) is 7.11 Å². The van der Waals surface area contributed by atoms with Gasteiger partial charge in [0.1, 0.15) is 11.6 Å². The number of carbonyl (C=O) groups is 1. The van der Waals surface area contributed by atoms with E-state index in [2.05, 4.69) is 0 Å². The minimum absolute atomic E-state index is 0.0407. The molecule has 0 saturated heterocycles. The third-order valence-corrected chi connectivity index (χ3v) is 3.51. The van der Waals surface area contributed by atoms with E-state index in [4.69, 9.17) is 4.74 Å². The molecule has 0 fully saturated rings. The Morgan fingerprint density at radius 1 is 1.00 bits per heavy atom. The van der Waals surface area contributed by atoms with Crippen LogP contribution in [0.4, 0.5) is 4.39 Å². The molecule has 0 unspecified atom stereocenters. The molecule has 0 heterocycles. The molecule has 0 N–H and O–H groups in total. The minimum atomic E-state index is -0.308. The number of hydrogen-bond donors (Lipinski definition) is 0. The van der Waals surface area contributed by atoms with Gasteiger partial charge in [-0.2, -0.15) is 0 Å². The number of hydrogen-bond acceptors (Lipinski definition) is 2. The molecule has 1 aliphatic carbocycles. The minimum Gasteiger partial charge on any atom is -0.497 e. The van der Waals surface area contributed by atoms with Crippen molar-refractivity contribution in [3.8, 4) is 5.75 Å². The molecule has 0 spiro atoms. The monoisotopic (exact) mass is 256 g/mol. The van der Waals surface area contributed by atoms with Crippen molar-refractivity contribution in [2.24, 2.45) is 0 Å². The van der Waals surface area contributed by atoms with Crippen LogP contribution in [0.5, 0.6) is 5.75 Å². The highest BCUT2D eigenvalue weighted by Gasteiger charge is 2.20. The van der Waals surface area contributed by atoms with Gasteiger partial charge in [-0.3, -0.25) is 4.79 Å². The van der Waals surface area contributed by atoms with Gasteiger partial charge in [-0.15, -0.1) is 0 Å². The van der Waals surface area contributed by atoms with Gasteiger partial charge in [-0.05, 0) is 53.4 Å². The predicted octanol–water partition coefficient (Wildman–Crippen LogP) is 3.16. The number of methoxy groups -OCH3 is 1. The summed E-state index contributed by atoms with van der Waals surface area (Å²) in [7, 11) is 1.61. The molecule has 2 aromatic carbocycles. The first-order chi connectivity index (χ1) is 9.17. The molecule has 96 valence electrons. The molecule has 2 aromatic rings. The van der Waals surface area contributed by atoms with Gasteiger partial charge >= 0.3 is 0 Å². The number of Topliss-reactive ketones (excluding diaryl/α,β-unsaturated/α-hetero) is 1. The van der Waals surface area contributed by atoms with Crippen LogP contribution >= 0.6 is 0 Å². The van der Waals surface area contributed by atoms with E-state index in [0.29, 0.717) is 18.4 Å². The van der Waals surface area contributed by atoms with E-state index in [9.17, 15) is 9.18 Å². The Kier molecular flexibility index (Phi) is 2.82. The summed E-state index contributed by atoms with van der Waals surface area (Å²) in [6.45, 7) is 0. The van der Waals surface area contributed by atoms with E-state index in [1.54, 1.807) is 13.2 Å². The van der Waals surface area contributed by atoms with Crippen LogP contribution < -0.4 is 4.74 Å². The molecule has 3 rings (SSSR count). The Morgan fingerprint density at radius 3 is 2.63 bits per heavy atom. The third kappa shape index (κ3) is 2.12. The third-order valence-electron chi connectivity index (χ3n) is 3.51. The maximum atomic E-state index is 13.3. The van der Waals surface area contributed by atoms with Crippen LogP contribution in [-0.2, 0) is 12.8 Å². The summed E-state index contributed by atoms with van der Waals surface area (Å²) in [5.74, 6) is 0.489. The standard InChI is InChI=1S/C16H13FO2/c1-19-14-4-2-10-9-16(18)15-5-3-13(17)7-12(15)6-11(10)8-14/h2-5,7-8H,6,9H2,1H3. The van der Waals surface area contributed by atoms with Crippen molar-refractivity contribution >= 4 is 5.78 Å². The zero-order chi connectivity index (χ0) is 13.4. The van der Waals surface area contributed by atoms with Crippen LogP contribution in [0.1, 0.15) is 27.0 Å². The summed E-state index contributed by atoms with van der Waals surface area (Å²) >= 11 is 0. The highest BCUT2D eigenvalue weighted by Crippen LogP contribution is 2.27. The van der Waals surface area contributed by atoms with E-state index in [1.807, 2.05) is 18.2 Å². The molecule has 0 atom stereocenters. The lowest BCUT2D eigenvalue weighted by Crippen LogP contribution is -2.03. The molecule has 3 heteroatoms. The average molecular weight is 256 g/mol. The molecule has 0 amide bonds. The van der Waals surface area contributed by atoms with Gasteiger partial charge in [-0.1, -0.05) is 6.07 Å². The second-order valence-corrected chi connectivity index (χ2v) is 4.71. The van der Waals surface area contributed by atoms with Crippen LogP contribution in [0, 0.1) is 5.82 Å². The Hall–Kier alpha value is -2.16. The number of fused-ring (bicyclic) bond motifs is 2. The van der Waals surface area contributed by atoms with Crippen molar-refractivity contribution in [1.82, 2.24) is 0 Å². The fraction of sp³-hybridized carbons (Fsp3) is 0.188. The highest BCUT2D eigenvalue weighted by molar-refractivity contribution is 5.99. The number of carbonyl (C=O) groups excluding carboxylic acids is 1. The zero-order valence-corrected chi connectivity index (χ0v) is 10.6. The SMILES string of the molecule is COc1ccc2c(c1)Cc1cc(F)ccc1C(=O)C2. The van der Waals surface area contributed by atoms with Crippen molar-refractivity contribution in [3.05, 3.63) is 64.5 Å². The van der Waals surface area contributed by atoms with Crippen molar-refractivity contribution in [3.63, 3.8) is 0 Å². The summed E-state index contributed by atoms with van der Waals surface area (Å²) in [6, 6.07) is 10.0. The molecule has 0 saturated carbocycles. The highest BCUT2D eigenvalue weighted by atomic mass is 19.1. The van der Waals surface area contributed by atoms with Gasteiger partial charge in [0, 0.05) is 12.0 Å². The van der Waals surface area contributed by atoms with E-state index >= 15 is 0 Å². The van der Waals surface area contributed by atoms with Crippen molar-refractivity contribution in [2.45, 2.75) is 12.8 Å². The summed E-state index contributed by atoms with van der Waals surface area (Å²) in [6.07, 6.45) is 0.920. The van der Waals surface area contributed by atoms with Crippen LogP contribution in [0.2, 0.25) is 0 Å². The predicted molar refractivity (Wildman–Crippen MR) is 70.2 cm³/mol. The summed E-state index contributed by atoms with van der Waals surface area (Å²) in [5.41, 5.74) is 3.38. The molecule has 0 bridgehead atoms. The Bertz CT molecular complexity index is 662. The van der Waals surface area contributed by atoms with Crippen molar-refractivity contribution in [2.75, 3.05) is 7.11 Å². The van der Waals surface area contributed by atoms with Crippen LogP contribution in [0.3, 0.4) is 0 Å². The van der Waals surface area contributed by atoms with Crippen LogP contribution in [0.25, 0.3) is 0 Å². The van der Waals surface area contributed by atoms with Crippen molar-refractivity contribution in [1.29, 1.82) is 0 Å². The number of ketones is 1. The Balaban J connectivity index is 2.14. The van der Waals surface area contributed by atoms with E-state index in [0.717, 1.165) is 22.4 Å². The molecule has 0 aromatic heterocycles. The van der Waals surface area contributed by atoms with Gasteiger partial charge in [0.15, 0.2) is 5.78 Å². The first kappa shape index (κ1) is 11.9. The first-order valence-electron chi connectivity index (χ1n) is 6.15. The second kappa shape index (κ2) is 4.50. The molecule has 0 aliphatic heterocycles. The quantitative estimate of drug-likeness (QED) is 0.783. The molecule has 0 radical (unpaired) electrons. The molecular weight excluding hydrogens is 243 g/mol. The fourth-order valence-corrected chi connectivity index (χ4v) is 2.52. The van der Waals surface area contributed by atoms with Crippen LogP contribution in [-0.4, -0.2) is 12.9 Å². The maximum absolute atomic E-state index is 13.3. The van der Waals surface area contributed by atoms with Crippen molar-refractivity contribution < 1.29 is 13.9 Å². The van der Waals surface area contributed by atoms with Gasteiger partial charge in [-0.25, -0.2) is 4.39 Å². The lowest BCUT2D eigenvalue weighted by molar-refractivity contribution is 0.0993. The largest absolute Gasteiger partial charge is 0.497 e. The van der Waals surface area contributed by atoms with Gasteiger partial charge in [0.25, 0.3) is 0 Å². The molecule has 19 heavy (non-hydrogen) atoms. The second-order valence-electron chi connectivity index (χ2n) is 4.71. The number of benzene rings is 2. The summed E-state index contributed by atoms with van der Waals surface area (Å²) in [5, 5.41) is 0. The Morgan fingerprint density at radius 2 is 1.84 bits per heavy atom. The van der Waals surface area contributed by atoms with Gasteiger partial charge in [0.2, 0.25) is 0 Å². The summed E-state index contributed by atoms with van der Waals surface area (Å²) in [4.78, 5) is 12.2. The molecule has 2 nitrogen and oxygen atoms in total. The fourth-order valence-electron chi connectivity index (χ4n) is 2.52. The lowest BCUT2D eigenvalue weighted by atomic mass is 10.00. The molecular formula is C16H13FO2. The number of halogens is 1. The normalized spacial score (nSPS) is 13.5. The number of rotatable bonds is 1. The molecule has 1 aliphatic rings. The van der Waals surface area contributed by atoms with Gasteiger partial charge < -0.3 is 4.74 Å².